The van der Waals surface area contributed by atoms with Crippen molar-refractivity contribution in [3.8, 4) is 0 Å². The van der Waals surface area contributed by atoms with Crippen molar-refractivity contribution in [1.82, 2.24) is 20.4 Å². The second-order valence-corrected chi connectivity index (χ2v) is 5.73. The van der Waals surface area contributed by atoms with Crippen LogP contribution in [0, 0.1) is 12.8 Å². The zero-order valence-electron chi connectivity index (χ0n) is 13.1. The number of carbonyl (C=O) groups excluding carboxylic acids is 1. The lowest BCUT2D eigenvalue weighted by molar-refractivity contribution is 0.0708. The van der Waals surface area contributed by atoms with E-state index < -0.39 is 0 Å². The molecule has 0 aromatic carbocycles. The third kappa shape index (κ3) is 4.53. The Morgan fingerprint density at radius 2 is 2.39 bits per heavy atom. The maximum absolute atomic E-state index is 12.7. The number of carbonyl (C=O) groups is 1. The Labute approximate surface area is 141 Å². The van der Waals surface area contributed by atoms with Gasteiger partial charge in [-0.1, -0.05) is 11.2 Å². The summed E-state index contributed by atoms with van der Waals surface area (Å²) in [5.41, 5.74) is 1.38. The van der Waals surface area contributed by atoms with E-state index in [1.54, 1.807) is 25.4 Å². The summed E-state index contributed by atoms with van der Waals surface area (Å²) in [5, 5.41) is 7.20. The minimum Gasteiger partial charge on any atom is -0.361 e. The van der Waals surface area contributed by atoms with Crippen molar-refractivity contribution in [2.75, 3.05) is 19.6 Å². The van der Waals surface area contributed by atoms with Crippen LogP contribution in [0.3, 0.4) is 0 Å². The first-order valence-corrected chi connectivity index (χ1v) is 7.54. The molecule has 1 unspecified atom stereocenters. The van der Waals surface area contributed by atoms with E-state index in [0.29, 0.717) is 30.5 Å². The van der Waals surface area contributed by atoms with Crippen LogP contribution >= 0.6 is 12.4 Å². The number of hydrogen-bond acceptors (Lipinski definition) is 5. The van der Waals surface area contributed by atoms with Gasteiger partial charge in [0.05, 0.1) is 0 Å². The van der Waals surface area contributed by atoms with E-state index in [1.165, 1.54) is 0 Å². The number of nitrogens with one attached hydrogen (secondary N) is 1. The molecule has 3 heterocycles. The topological polar surface area (TPSA) is 71.3 Å². The van der Waals surface area contributed by atoms with Crippen LogP contribution in [-0.2, 0) is 6.54 Å². The third-order valence-corrected chi connectivity index (χ3v) is 3.87. The number of aryl methyl sites for hydroxylation is 1. The zero-order chi connectivity index (χ0) is 15.4. The quantitative estimate of drug-likeness (QED) is 0.904. The van der Waals surface area contributed by atoms with Crippen LogP contribution in [0.1, 0.15) is 28.2 Å². The molecule has 1 fully saturated rings. The second kappa shape index (κ2) is 8.08. The van der Waals surface area contributed by atoms with Crippen LogP contribution in [0.2, 0.25) is 0 Å². The molecule has 6 nitrogen and oxygen atoms in total. The summed E-state index contributed by atoms with van der Waals surface area (Å²) in [5.74, 6) is 1.04. The standard InChI is InChI=1S/C16H20N4O2.ClH/c1-12-7-15(19-22-12)16(21)20(11-14-4-6-18-9-14)10-13-3-2-5-17-8-13;/h2-3,5,7-8,14,18H,4,6,9-11H2,1H3;1H. The molecule has 1 N–H and O–H groups in total. The molecular formula is C16H21ClN4O2. The number of rotatable bonds is 5. The van der Waals surface area contributed by atoms with Crippen molar-refractivity contribution in [3.05, 3.63) is 47.6 Å². The number of amides is 1. The fourth-order valence-corrected chi connectivity index (χ4v) is 2.74. The molecule has 0 saturated carbocycles. The highest BCUT2D eigenvalue weighted by molar-refractivity contribution is 5.92. The highest BCUT2D eigenvalue weighted by Gasteiger charge is 2.24. The van der Waals surface area contributed by atoms with Crippen molar-refractivity contribution in [2.24, 2.45) is 5.92 Å². The number of nitrogens with zero attached hydrogens (tertiary/aromatic N) is 3. The van der Waals surface area contributed by atoms with Gasteiger partial charge in [0.15, 0.2) is 5.69 Å². The molecule has 0 spiro atoms. The van der Waals surface area contributed by atoms with Crippen molar-refractivity contribution in [2.45, 2.75) is 19.9 Å². The van der Waals surface area contributed by atoms with Crippen molar-refractivity contribution in [1.29, 1.82) is 0 Å². The highest BCUT2D eigenvalue weighted by Crippen LogP contribution is 2.15. The van der Waals surface area contributed by atoms with Crippen LogP contribution in [0.5, 0.6) is 0 Å². The molecule has 3 rings (SSSR count). The molecule has 0 aliphatic carbocycles. The van der Waals surface area contributed by atoms with Gasteiger partial charge in [-0.05, 0) is 44.0 Å². The van der Waals surface area contributed by atoms with Gasteiger partial charge in [0.25, 0.3) is 5.91 Å². The summed E-state index contributed by atoms with van der Waals surface area (Å²) < 4.78 is 5.03. The Morgan fingerprint density at radius 1 is 1.52 bits per heavy atom. The summed E-state index contributed by atoms with van der Waals surface area (Å²) in [6.07, 6.45) is 4.62. The Hall–Kier alpha value is -1.92. The largest absolute Gasteiger partial charge is 0.361 e. The molecule has 124 valence electrons. The highest BCUT2D eigenvalue weighted by atomic mass is 35.5. The van der Waals surface area contributed by atoms with Crippen molar-refractivity contribution < 1.29 is 9.32 Å². The molecule has 2 aromatic heterocycles. The van der Waals surface area contributed by atoms with Gasteiger partial charge in [0, 0.05) is 31.5 Å². The lowest BCUT2D eigenvalue weighted by atomic mass is 10.1. The van der Waals surface area contributed by atoms with Gasteiger partial charge in [-0.2, -0.15) is 0 Å². The minimum atomic E-state index is -0.0902. The lowest BCUT2D eigenvalue weighted by Crippen LogP contribution is -2.35. The smallest absolute Gasteiger partial charge is 0.276 e. The van der Waals surface area contributed by atoms with Gasteiger partial charge in [-0.3, -0.25) is 9.78 Å². The predicted molar refractivity (Wildman–Crippen MR) is 88.4 cm³/mol. The number of pyridine rings is 1. The molecular weight excluding hydrogens is 316 g/mol. The van der Waals surface area contributed by atoms with E-state index in [9.17, 15) is 4.79 Å². The normalized spacial score (nSPS) is 16.8. The van der Waals surface area contributed by atoms with E-state index >= 15 is 0 Å². The van der Waals surface area contributed by atoms with E-state index in [4.69, 9.17) is 4.52 Å². The van der Waals surface area contributed by atoms with Crippen LogP contribution in [0.4, 0.5) is 0 Å². The summed E-state index contributed by atoms with van der Waals surface area (Å²) in [4.78, 5) is 18.7. The van der Waals surface area contributed by atoms with Gasteiger partial charge in [-0.15, -0.1) is 12.4 Å². The van der Waals surface area contributed by atoms with Crippen LogP contribution < -0.4 is 5.32 Å². The molecule has 1 amide bonds. The Morgan fingerprint density at radius 3 is 3.00 bits per heavy atom. The second-order valence-electron chi connectivity index (χ2n) is 5.73. The maximum Gasteiger partial charge on any atom is 0.276 e. The Bertz CT molecular complexity index is 626. The first-order chi connectivity index (χ1) is 10.7. The molecule has 0 bridgehead atoms. The fraction of sp³-hybridized carbons (Fsp3) is 0.438. The van der Waals surface area contributed by atoms with Crippen LogP contribution in [-0.4, -0.2) is 40.6 Å². The molecule has 2 aromatic rings. The minimum absolute atomic E-state index is 0. The van der Waals surface area contributed by atoms with Gasteiger partial charge in [0.1, 0.15) is 5.76 Å². The first-order valence-electron chi connectivity index (χ1n) is 7.54. The van der Waals surface area contributed by atoms with E-state index in [-0.39, 0.29) is 18.3 Å². The first kappa shape index (κ1) is 17.4. The molecule has 7 heteroatoms. The summed E-state index contributed by atoms with van der Waals surface area (Å²) in [6, 6.07) is 5.55. The Balaban J connectivity index is 0.00000192. The predicted octanol–water partition coefficient (Wildman–Crippen LogP) is 2.05. The van der Waals surface area contributed by atoms with Gasteiger partial charge < -0.3 is 14.7 Å². The molecule has 23 heavy (non-hydrogen) atoms. The molecule has 1 aliphatic heterocycles. The summed E-state index contributed by atoms with van der Waals surface area (Å²) >= 11 is 0. The van der Waals surface area contributed by atoms with Crippen LogP contribution in [0.25, 0.3) is 0 Å². The van der Waals surface area contributed by atoms with E-state index in [1.807, 2.05) is 17.0 Å². The number of aromatic nitrogens is 2. The zero-order valence-corrected chi connectivity index (χ0v) is 13.9. The monoisotopic (exact) mass is 336 g/mol. The average molecular weight is 337 g/mol. The maximum atomic E-state index is 12.7. The average Bonchev–Trinajstić information content (AvgIpc) is 3.18. The van der Waals surface area contributed by atoms with Gasteiger partial charge in [-0.25, -0.2) is 0 Å². The third-order valence-electron chi connectivity index (χ3n) is 3.87. The molecule has 1 saturated heterocycles. The SMILES string of the molecule is Cc1cc(C(=O)N(Cc2cccnc2)CC2CCNC2)no1.Cl. The van der Waals surface area contributed by atoms with Crippen LogP contribution in [0.15, 0.2) is 35.1 Å². The van der Waals surface area contributed by atoms with Crippen molar-refractivity contribution >= 4 is 18.3 Å². The van der Waals surface area contributed by atoms with Gasteiger partial charge in [0.2, 0.25) is 0 Å². The number of hydrogen-bond donors (Lipinski definition) is 1. The Kier molecular flexibility index (Phi) is 6.12. The fourth-order valence-electron chi connectivity index (χ4n) is 2.74. The van der Waals surface area contributed by atoms with Gasteiger partial charge >= 0.3 is 0 Å². The van der Waals surface area contributed by atoms with E-state index in [2.05, 4.69) is 15.5 Å². The van der Waals surface area contributed by atoms with Crippen molar-refractivity contribution in [3.63, 3.8) is 0 Å². The number of halogens is 1. The summed E-state index contributed by atoms with van der Waals surface area (Å²) in [6.45, 7) is 5.01. The van der Waals surface area contributed by atoms with E-state index in [0.717, 1.165) is 25.1 Å². The lowest BCUT2D eigenvalue weighted by Gasteiger charge is -2.24. The summed E-state index contributed by atoms with van der Waals surface area (Å²) in [7, 11) is 0. The molecule has 1 aliphatic rings. The molecule has 1 atom stereocenters. The molecule has 0 radical (unpaired) electrons.